The van der Waals surface area contributed by atoms with Crippen molar-refractivity contribution in [3.8, 4) is 11.4 Å². The summed E-state index contributed by atoms with van der Waals surface area (Å²) in [5.74, 6) is 0.805. The highest BCUT2D eigenvalue weighted by atomic mass is 35.5. The van der Waals surface area contributed by atoms with Crippen molar-refractivity contribution in [2.24, 2.45) is 0 Å². The lowest BCUT2D eigenvalue weighted by molar-refractivity contribution is 0.0972. The lowest BCUT2D eigenvalue weighted by Crippen LogP contribution is -2.12. The second kappa shape index (κ2) is 5.10. The Morgan fingerprint density at radius 1 is 1.20 bits per heavy atom. The van der Waals surface area contributed by atoms with Gasteiger partial charge in [0, 0.05) is 17.3 Å². The molecule has 0 spiro atoms. The Kier molecular flexibility index (Phi) is 3.28. The van der Waals surface area contributed by atoms with Crippen LogP contribution in [0.4, 0.5) is 0 Å². The van der Waals surface area contributed by atoms with Crippen LogP contribution < -0.4 is 0 Å². The Hall–Kier alpha value is -2.13. The molecule has 0 amide bonds. The average Bonchev–Trinajstić information content (AvgIpc) is 2.77. The number of ketones is 1. The molecule has 0 saturated heterocycles. The van der Waals surface area contributed by atoms with Gasteiger partial charge < -0.3 is 4.57 Å². The molecule has 1 aromatic carbocycles. The molecular formula is C16H13ClN2O. The fourth-order valence-electron chi connectivity index (χ4n) is 2.24. The standard InChI is InChI=1S/C16H13ClN2O/c1-11-15(17)13-8-5-9-19(16(13)18-11)10-14(20)12-6-3-2-4-7-12/h2-9H,10H2,1H3. The number of nitrogens with zero attached hydrogens (tertiary/aromatic N) is 2. The van der Waals surface area contributed by atoms with E-state index in [1.54, 1.807) is 0 Å². The number of halogens is 1. The van der Waals surface area contributed by atoms with Gasteiger partial charge in [-0.05, 0) is 19.1 Å². The highest BCUT2D eigenvalue weighted by molar-refractivity contribution is 6.34. The zero-order valence-corrected chi connectivity index (χ0v) is 11.8. The monoisotopic (exact) mass is 284 g/mol. The molecule has 0 fully saturated rings. The maximum Gasteiger partial charge on any atom is 0.182 e. The van der Waals surface area contributed by atoms with Crippen molar-refractivity contribution in [1.29, 1.82) is 0 Å². The molecule has 0 radical (unpaired) electrons. The normalized spacial score (nSPS) is 10.9. The van der Waals surface area contributed by atoms with E-state index in [9.17, 15) is 4.79 Å². The van der Waals surface area contributed by atoms with Gasteiger partial charge in [-0.25, -0.2) is 4.98 Å². The van der Waals surface area contributed by atoms with Gasteiger partial charge >= 0.3 is 0 Å². The number of aryl methyl sites for hydroxylation is 1. The van der Waals surface area contributed by atoms with E-state index in [0.29, 0.717) is 10.6 Å². The van der Waals surface area contributed by atoms with Crippen molar-refractivity contribution >= 4 is 17.4 Å². The first-order valence-electron chi connectivity index (χ1n) is 6.36. The quantitative estimate of drug-likeness (QED) is 0.685. The number of aromatic nitrogens is 2. The third-order valence-corrected chi connectivity index (χ3v) is 3.76. The summed E-state index contributed by atoms with van der Waals surface area (Å²) in [6.45, 7) is 2.12. The largest absolute Gasteiger partial charge is 0.325 e. The molecule has 3 nitrogen and oxygen atoms in total. The molecular weight excluding hydrogens is 272 g/mol. The predicted octanol–water partition coefficient (Wildman–Crippen LogP) is 3.83. The summed E-state index contributed by atoms with van der Waals surface area (Å²) < 4.78 is 1.84. The third-order valence-electron chi connectivity index (χ3n) is 3.28. The maximum atomic E-state index is 12.3. The van der Waals surface area contributed by atoms with Crippen molar-refractivity contribution in [2.75, 3.05) is 0 Å². The molecule has 20 heavy (non-hydrogen) atoms. The maximum absolute atomic E-state index is 12.3. The lowest BCUT2D eigenvalue weighted by atomic mass is 10.1. The number of rotatable bonds is 3. The van der Waals surface area contributed by atoms with Gasteiger partial charge in [-0.2, -0.15) is 0 Å². The summed E-state index contributed by atoms with van der Waals surface area (Å²) in [5.41, 5.74) is 2.37. The summed E-state index contributed by atoms with van der Waals surface area (Å²) in [5, 5.41) is 0.654. The van der Waals surface area contributed by atoms with Crippen molar-refractivity contribution in [2.45, 2.75) is 13.5 Å². The molecule has 2 aliphatic heterocycles. The van der Waals surface area contributed by atoms with Crippen molar-refractivity contribution in [3.63, 3.8) is 0 Å². The Labute approximate surface area is 122 Å². The van der Waals surface area contributed by atoms with Crippen molar-refractivity contribution in [3.05, 3.63) is 64.9 Å². The van der Waals surface area contributed by atoms with E-state index in [1.807, 2.05) is 60.2 Å². The smallest absolute Gasteiger partial charge is 0.182 e. The summed E-state index contributed by atoms with van der Waals surface area (Å²) in [6.07, 6.45) is 1.85. The molecule has 0 saturated carbocycles. The molecule has 0 aliphatic carbocycles. The number of fused-ring (bicyclic) bond motifs is 1. The average molecular weight is 285 g/mol. The van der Waals surface area contributed by atoms with Crippen LogP contribution in [0.2, 0.25) is 5.02 Å². The van der Waals surface area contributed by atoms with E-state index in [4.69, 9.17) is 11.6 Å². The molecule has 2 heterocycles. The first-order chi connectivity index (χ1) is 9.66. The van der Waals surface area contributed by atoms with Crippen LogP contribution in [0, 0.1) is 6.92 Å². The fourth-order valence-corrected chi connectivity index (χ4v) is 2.43. The summed E-state index contributed by atoms with van der Waals surface area (Å²) in [7, 11) is 0. The first kappa shape index (κ1) is 12.9. The molecule has 1 aromatic rings. The number of Topliss-reactive ketones (excluding diaryl/α,β-unsaturated/α-hetero) is 1. The van der Waals surface area contributed by atoms with Crippen LogP contribution in [0.25, 0.3) is 11.4 Å². The van der Waals surface area contributed by atoms with E-state index in [2.05, 4.69) is 4.98 Å². The van der Waals surface area contributed by atoms with E-state index in [0.717, 1.165) is 17.1 Å². The van der Waals surface area contributed by atoms with Crippen LogP contribution in [0.3, 0.4) is 0 Å². The van der Waals surface area contributed by atoms with E-state index >= 15 is 0 Å². The summed E-state index contributed by atoms with van der Waals surface area (Å²) in [6, 6.07) is 13.1. The Morgan fingerprint density at radius 3 is 2.70 bits per heavy atom. The van der Waals surface area contributed by atoms with Crippen LogP contribution in [-0.4, -0.2) is 15.3 Å². The highest BCUT2D eigenvalue weighted by Gasteiger charge is 2.17. The van der Waals surface area contributed by atoms with Gasteiger partial charge in [0.25, 0.3) is 0 Å². The zero-order chi connectivity index (χ0) is 14.1. The summed E-state index contributed by atoms with van der Waals surface area (Å²) >= 11 is 6.21. The van der Waals surface area contributed by atoms with Gasteiger partial charge in [0.2, 0.25) is 0 Å². The Morgan fingerprint density at radius 2 is 1.95 bits per heavy atom. The second-order valence-electron chi connectivity index (χ2n) is 4.67. The molecule has 0 atom stereocenters. The van der Waals surface area contributed by atoms with Gasteiger partial charge in [-0.1, -0.05) is 41.9 Å². The molecule has 2 aliphatic rings. The molecule has 0 N–H and O–H groups in total. The Balaban J connectivity index is 1.95. The van der Waals surface area contributed by atoms with Crippen molar-refractivity contribution in [1.82, 2.24) is 9.55 Å². The molecule has 0 unspecified atom stereocenters. The topological polar surface area (TPSA) is 34.9 Å². The van der Waals surface area contributed by atoms with E-state index in [1.165, 1.54) is 0 Å². The molecule has 4 heteroatoms. The summed E-state index contributed by atoms with van der Waals surface area (Å²) in [4.78, 5) is 16.7. The van der Waals surface area contributed by atoms with Gasteiger partial charge in [0.1, 0.15) is 5.82 Å². The van der Waals surface area contributed by atoms with Gasteiger partial charge in [-0.3, -0.25) is 4.79 Å². The first-order valence-corrected chi connectivity index (χ1v) is 6.74. The minimum Gasteiger partial charge on any atom is -0.325 e. The zero-order valence-electron chi connectivity index (χ0n) is 11.0. The van der Waals surface area contributed by atoms with Crippen molar-refractivity contribution < 1.29 is 4.79 Å². The second-order valence-corrected chi connectivity index (χ2v) is 5.05. The third kappa shape index (κ3) is 2.21. The van der Waals surface area contributed by atoms with Crippen LogP contribution in [-0.2, 0) is 6.54 Å². The van der Waals surface area contributed by atoms with Crippen LogP contribution in [0.5, 0.6) is 0 Å². The number of hydrogen-bond donors (Lipinski definition) is 0. The lowest BCUT2D eigenvalue weighted by Gasteiger charge is -2.10. The van der Waals surface area contributed by atoms with Gasteiger partial charge in [0.15, 0.2) is 5.78 Å². The molecule has 0 bridgehead atoms. The van der Waals surface area contributed by atoms with Crippen LogP contribution in [0.15, 0.2) is 48.7 Å². The fraction of sp³-hybridized carbons (Fsp3) is 0.125. The molecule has 0 aromatic heterocycles. The number of carbonyl (C=O) groups is 1. The van der Waals surface area contributed by atoms with Crippen LogP contribution >= 0.6 is 11.6 Å². The van der Waals surface area contributed by atoms with Gasteiger partial charge in [0.05, 0.1) is 17.3 Å². The van der Waals surface area contributed by atoms with E-state index in [-0.39, 0.29) is 12.3 Å². The Bertz CT molecular complexity index is 734. The number of carbonyl (C=O) groups excluding carboxylic acids is 1. The minimum atomic E-state index is 0.0554. The van der Waals surface area contributed by atoms with Crippen LogP contribution in [0.1, 0.15) is 16.1 Å². The predicted molar refractivity (Wildman–Crippen MR) is 79.4 cm³/mol. The van der Waals surface area contributed by atoms with E-state index < -0.39 is 0 Å². The number of pyridine rings is 1. The molecule has 3 rings (SSSR count). The highest BCUT2D eigenvalue weighted by Crippen LogP contribution is 2.32. The van der Waals surface area contributed by atoms with Gasteiger partial charge in [-0.15, -0.1) is 0 Å². The number of hydrogen-bond acceptors (Lipinski definition) is 2. The minimum absolute atomic E-state index is 0.0554. The SMILES string of the molecule is Cc1nc2n(CC(=O)c3ccccc3)cccc-2c1Cl. The number of benzene rings is 1. The molecule has 100 valence electrons.